The number of amides is 1. The number of rotatable bonds is 10. The summed E-state index contributed by atoms with van der Waals surface area (Å²) in [5.41, 5.74) is 14.2. The molecule has 2 aliphatic rings. The van der Waals surface area contributed by atoms with Crippen LogP contribution >= 0.6 is 0 Å². The van der Waals surface area contributed by atoms with Gasteiger partial charge in [-0.3, -0.25) is 9.59 Å². The number of aromatic nitrogens is 4. The summed E-state index contributed by atoms with van der Waals surface area (Å²) >= 11 is 0. The number of nitrogens with two attached hydrogens (primary N) is 1. The Morgan fingerprint density at radius 2 is 1.33 bits per heavy atom. The lowest BCUT2D eigenvalue weighted by atomic mass is 9.60. The van der Waals surface area contributed by atoms with E-state index >= 15 is 0 Å². The van der Waals surface area contributed by atoms with Crippen molar-refractivity contribution in [3.63, 3.8) is 0 Å². The molecule has 4 aromatic heterocycles. The number of hydrogen-bond donors (Lipinski definition) is 1. The first-order valence-corrected chi connectivity index (χ1v) is 18.4. The summed E-state index contributed by atoms with van der Waals surface area (Å²) < 4.78 is 10.3. The molecule has 1 aliphatic heterocycles. The van der Waals surface area contributed by atoms with Gasteiger partial charge in [0, 0.05) is 46.0 Å². The highest BCUT2D eigenvalue weighted by atomic mass is 16.6. The third-order valence-electron chi connectivity index (χ3n) is 12.6. The van der Waals surface area contributed by atoms with Gasteiger partial charge >= 0.3 is 5.97 Å². The maximum Gasteiger partial charge on any atom is 0.313 e. The molecule has 2 N–H and O–H groups in total. The first kappa shape index (κ1) is 35.4. The number of ether oxygens (including phenoxy) is 1. The number of primary amides is 1. The molecule has 52 heavy (non-hydrogen) atoms. The first-order valence-electron chi connectivity index (χ1n) is 18.4. The van der Waals surface area contributed by atoms with Crippen LogP contribution in [0.5, 0.6) is 0 Å². The van der Waals surface area contributed by atoms with E-state index in [9.17, 15) is 9.59 Å². The van der Waals surface area contributed by atoms with Crippen LogP contribution in [0.1, 0.15) is 89.5 Å². The number of pyridine rings is 2. The number of aryl methyl sites for hydroxylation is 8. The van der Waals surface area contributed by atoms with Gasteiger partial charge in [-0.1, -0.05) is 38.1 Å². The van der Waals surface area contributed by atoms with Crippen LogP contribution in [0.25, 0.3) is 11.6 Å². The predicted molar refractivity (Wildman–Crippen MR) is 204 cm³/mol. The van der Waals surface area contributed by atoms with Crippen molar-refractivity contribution in [3.8, 4) is 11.6 Å². The van der Waals surface area contributed by atoms with Crippen molar-refractivity contribution in [3.05, 3.63) is 129 Å². The van der Waals surface area contributed by atoms with Crippen molar-refractivity contribution in [2.75, 3.05) is 0 Å². The van der Waals surface area contributed by atoms with Gasteiger partial charge in [0.05, 0.1) is 5.41 Å². The number of hydrogen-bond acceptors (Lipinski definition) is 5. The van der Waals surface area contributed by atoms with Crippen LogP contribution in [0.2, 0.25) is 0 Å². The van der Waals surface area contributed by atoms with E-state index in [2.05, 4.69) is 123 Å². The Hall–Kier alpha value is -4.98. The topological polar surface area (TPSA) is 105 Å². The van der Waals surface area contributed by atoms with Crippen molar-refractivity contribution in [1.29, 1.82) is 0 Å². The van der Waals surface area contributed by atoms with E-state index in [1.54, 1.807) is 0 Å². The molecule has 1 amide bonds. The predicted octanol–water partition coefficient (Wildman–Crippen LogP) is 7.85. The molecule has 5 aromatic rings. The normalized spacial score (nSPS) is 22.5. The first-order chi connectivity index (χ1) is 24.6. The van der Waals surface area contributed by atoms with E-state index in [0.717, 1.165) is 69.8 Å². The minimum Gasteiger partial charge on any atom is -0.448 e. The number of esters is 1. The average molecular weight is 698 g/mol. The SMILES string of the molecule is Cc1cc(CCc2cccc([C@H](Cc3cc(C)cc(-n4c(C)ccc4C)n3)C3CC4(C(N)=O)OC(=O)C3(C)C4(C)C)c2)nc(-n2c(C)ccc2C)c1. The fraction of sp³-hybridized carbons (Fsp3) is 0.409. The van der Waals surface area contributed by atoms with E-state index in [1.165, 1.54) is 11.1 Å². The van der Waals surface area contributed by atoms with Crippen LogP contribution in [0.4, 0.5) is 0 Å². The third-order valence-corrected chi connectivity index (χ3v) is 12.6. The minimum absolute atomic E-state index is 0.129. The van der Waals surface area contributed by atoms with E-state index in [0.29, 0.717) is 12.8 Å². The Balaban J connectivity index is 1.27. The maximum absolute atomic E-state index is 13.9. The third kappa shape index (κ3) is 5.49. The molecule has 1 saturated carbocycles. The molecule has 7 rings (SSSR count). The summed E-state index contributed by atoms with van der Waals surface area (Å²) in [5, 5.41) is 0. The fourth-order valence-electron chi connectivity index (χ4n) is 9.43. The van der Waals surface area contributed by atoms with Crippen LogP contribution in [0.15, 0.2) is 72.8 Å². The molecule has 270 valence electrons. The summed E-state index contributed by atoms with van der Waals surface area (Å²) in [6.07, 6.45) is 2.55. The minimum atomic E-state index is -1.37. The van der Waals surface area contributed by atoms with Gasteiger partial charge in [0.2, 0.25) is 0 Å². The Morgan fingerprint density at radius 3 is 1.87 bits per heavy atom. The highest BCUT2D eigenvalue weighted by Crippen LogP contribution is 2.70. The molecule has 4 atom stereocenters. The lowest BCUT2D eigenvalue weighted by Crippen LogP contribution is -2.51. The monoisotopic (exact) mass is 697 g/mol. The largest absolute Gasteiger partial charge is 0.448 e. The smallest absolute Gasteiger partial charge is 0.313 e. The second kappa shape index (κ2) is 12.6. The molecule has 2 bridgehead atoms. The van der Waals surface area contributed by atoms with Crippen LogP contribution in [-0.4, -0.2) is 36.6 Å². The maximum atomic E-state index is 13.9. The zero-order chi connectivity index (χ0) is 37.3. The van der Waals surface area contributed by atoms with Crippen molar-refractivity contribution < 1.29 is 14.3 Å². The van der Waals surface area contributed by atoms with Gasteiger partial charge in [-0.25, -0.2) is 9.97 Å². The van der Waals surface area contributed by atoms with E-state index in [1.807, 2.05) is 20.8 Å². The summed E-state index contributed by atoms with van der Waals surface area (Å²) in [4.78, 5) is 37.4. The summed E-state index contributed by atoms with van der Waals surface area (Å²) in [5.74, 6) is 0.568. The summed E-state index contributed by atoms with van der Waals surface area (Å²) in [6, 6.07) is 25.8. The zero-order valence-electron chi connectivity index (χ0n) is 32.0. The molecule has 1 saturated heterocycles. The molecule has 0 radical (unpaired) electrons. The second-order valence-corrected chi connectivity index (χ2v) is 16.2. The standard InChI is InChI=1S/C44H51N5O3/c1-26-19-34(46-38(21-26)48-28(3)13-14-29(48)4)18-17-32-11-10-12-33(23-32)36(37-25-44(40(45)50)42(7,8)43(37,9)41(51)52-44)24-35-20-27(2)22-39(47-35)49-30(5)15-16-31(49)6/h10-16,19-23,36-37H,17-18,24-25H2,1-9H3,(H2,45,50)/t36-,37?,43?,44?/m0/s1. The van der Waals surface area contributed by atoms with Crippen molar-refractivity contribution >= 4 is 11.9 Å². The number of fused-ring (bicyclic) bond motifs is 2. The van der Waals surface area contributed by atoms with Crippen LogP contribution in [0.3, 0.4) is 0 Å². The zero-order valence-corrected chi connectivity index (χ0v) is 32.0. The van der Waals surface area contributed by atoms with Crippen LogP contribution in [0, 0.1) is 58.3 Å². The van der Waals surface area contributed by atoms with Crippen molar-refractivity contribution in [2.45, 2.75) is 99.5 Å². The molecule has 3 unspecified atom stereocenters. The molecule has 8 heteroatoms. The number of nitrogens with zero attached hydrogens (tertiary/aromatic N) is 4. The molecule has 8 nitrogen and oxygen atoms in total. The lowest BCUT2D eigenvalue weighted by Gasteiger charge is -2.39. The molecule has 2 fully saturated rings. The van der Waals surface area contributed by atoms with Crippen LogP contribution < -0.4 is 5.73 Å². The van der Waals surface area contributed by atoms with Gasteiger partial charge in [-0.2, -0.15) is 0 Å². The number of benzene rings is 1. The molecule has 1 aliphatic carbocycles. The van der Waals surface area contributed by atoms with E-state index < -0.39 is 22.3 Å². The second-order valence-electron chi connectivity index (χ2n) is 16.2. The average Bonchev–Trinajstić information content (AvgIpc) is 3.70. The van der Waals surface area contributed by atoms with E-state index in [-0.39, 0.29) is 17.8 Å². The van der Waals surface area contributed by atoms with Gasteiger partial charge in [0.25, 0.3) is 5.91 Å². The summed E-state index contributed by atoms with van der Waals surface area (Å²) in [6.45, 7) is 18.5. The van der Waals surface area contributed by atoms with Gasteiger partial charge in [0.15, 0.2) is 5.60 Å². The molecule has 0 spiro atoms. The Bertz CT molecular complexity index is 2190. The highest BCUT2D eigenvalue weighted by molar-refractivity contribution is 5.96. The van der Waals surface area contributed by atoms with Gasteiger partial charge in [-0.15, -0.1) is 0 Å². The highest BCUT2D eigenvalue weighted by Gasteiger charge is 2.79. The Labute approximate surface area is 307 Å². The Morgan fingerprint density at radius 1 is 0.788 bits per heavy atom. The van der Waals surface area contributed by atoms with Crippen molar-refractivity contribution in [1.82, 2.24) is 19.1 Å². The lowest BCUT2D eigenvalue weighted by molar-refractivity contribution is -0.170. The summed E-state index contributed by atoms with van der Waals surface area (Å²) in [7, 11) is 0. The van der Waals surface area contributed by atoms with Gasteiger partial charge in [-0.05, 0) is 150 Å². The Kier molecular flexibility index (Phi) is 8.59. The van der Waals surface area contributed by atoms with E-state index in [4.69, 9.17) is 20.4 Å². The van der Waals surface area contributed by atoms with Crippen molar-refractivity contribution in [2.24, 2.45) is 22.5 Å². The van der Waals surface area contributed by atoms with Gasteiger partial charge in [0.1, 0.15) is 11.6 Å². The quantitative estimate of drug-likeness (QED) is 0.150. The van der Waals surface area contributed by atoms with Gasteiger partial charge < -0.3 is 19.6 Å². The molecular weight excluding hydrogens is 647 g/mol. The van der Waals surface area contributed by atoms with Crippen LogP contribution in [-0.2, 0) is 33.6 Å². The fourth-order valence-corrected chi connectivity index (χ4v) is 9.43. The molecule has 1 aromatic carbocycles. The molecule has 5 heterocycles. The number of carbonyl (C=O) groups excluding carboxylic acids is 2. The molecular formula is C44H51N5O3. The number of carbonyl (C=O) groups is 2.